The summed E-state index contributed by atoms with van der Waals surface area (Å²) in [5, 5.41) is 12.2. The average Bonchev–Trinajstić information content (AvgIpc) is 3.05. The second kappa shape index (κ2) is 6.52. The zero-order valence-electron chi connectivity index (χ0n) is 13.5. The lowest BCUT2D eigenvalue weighted by molar-refractivity contribution is 0.124. The zero-order valence-corrected chi connectivity index (χ0v) is 13.5. The van der Waals surface area contributed by atoms with Gasteiger partial charge in [0.05, 0.1) is 11.7 Å². The largest absolute Gasteiger partial charge is 0.337 e. The summed E-state index contributed by atoms with van der Waals surface area (Å²) in [5.41, 5.74) is 1.52. The van der Waals surface area contributed by atoms with Crippen LogP contribution in [0.15, 0.2) is 16.7 Å². The predicted molar refractivity (Wildman–Crippen MR) is 83.1 cm³/mol. The van der Waals surface area contributed by atoms with Crippen LogP contribution in [0.25, 0.3) is 11.5 Å². The van der Waals surface area contributed by atoms with Gasteiger partial charge in [0.1, 0.15) is 5.69 Å². The molecule has 1 unspecified atom stereocenters. The highest BCUT2D eigenvalue weighted by molar-refractivity contribution is 5.46. The Balaban J connectivity index is 1.73. The smallest absolute Gasteiger partial charge is 0.244 e. The van der Waals surface area contributed by atoms with Gasteiger partial charge in [-0.05, 0) is 45.9 Å². The van der Waals surface area contributed by atoms with Crippen molar-refractivity contribution < 1.29 is 4.52 Å². The van der Waals surface area contributed by atoms with Gasteiger partial charge >= 0.3 is 0 Å². The number of aromatic nitrogens is 4. The highest BCUT2D eigenvalue weighted by Gasteiger charge is 2.26. The summed E-state index contributed by atoms with van der Waals surface area (Å²) in [6.45, 7) is 4.02. The minimum Gasteiger partial charge on any atom is -0.337 e. The molecule has 6 heteroatoms. The van der Waals surface area contributed by atoms with Crippen LogP contribution >= 0.6 is 0 Å². The van der Waals surface area contributed by atoms with Gasteiger partial charge in [-0.3, -0.25) is 4.90 Å². The molecule has 6 nitrogen and oxygen atoms in total. The first-order valence-electron chi connectivity index (χ1n) is 8.01. The van der Waals surface area contributed by atoms with E-state index < -0.39 is 0 Å². The fourth-order valence-corrected chi connectivity index (χ4v) is 3.01. The SMILES string of the molecule is Cc1ccc(-c2noc(C(C)N(C)C3CCCCC3)n2)nn1. The van der Waals surface area contributed by atoms with Gasteiger partial charge < -0.3 is 4.52 Å². The summed E-state index contributed by atoms with van der Waals surface area (Å²) >= 11 is 0. The van der Waals surface area contributed by atoms with Crippen molar-refractivity contribution in [3.8, 4) is 11.5 Å². The third kappa shape index (κ3) is 3.16. The summed E-state index contributed by atoms with van der Waals surface area (Å²) in [4.78, 5) is 6.86. The first-order chi connectivity index (χ1) is 10.6. The molecule has 0 bridgehead atoms. The van der Waals surface area contributed by atoms with Crippen molar-refractivity contribution in [2.24, 2.45) is 0 Å². The van der Waals surface area contributed by atoms with Crippen LogP contribution in [0.2, 0.25) is 0 Å². The molecule has 22 heavy (non-hydrogen) atoms. The fraction of sp³-hybridized carbons (Fsp3) is 0.625. The van der Waals surface area contributed by atoms with E-state index in [9.17, 15) is 0 Å². The molecule has 0 aliphatic heterocycles. The second-order valence-corrected chi connectivity index (χ2v) is 6.15. The van der Waals surface area contributed by atoms with Crippen LogP contribution in [-0.2, 0) is 0 Å². The maximum absolute atomic E-state index is 5.45. The molecule has 0 spiro atoms. The lowest BCUT2D eigenvalue weighted by Crippen LogP contribution is -2.35. The monoisotopic (exact) mass is 301 g/mol. The van der Waals surface area contributed by atoms with Crippen LogP contribution in [0.4, 0.5) is 0 Å². The molecule has 1 atom stereocenters. The highest BCUT2D eigenvalue weighted by Crippen LogP contribution is 2.28. The average molecular weight is 301 g/mol. The number of aryl methyl sites for hydroxylation is 1. The van der Waals surface area contributed by atoms with E-state index in [-0.39, 0.29) is 6.04 Å². The highest BCUT2D eigenvalue weighted by atomic mass is 16.5. The quantitative estimate of drug-likeness (QED) is 0.864. The molecule has 0 radical (unpaired) electrons. The van der Waals surface area contributed by atoms with Crippen molar-refractivity contribution in [2.45, 2.75) is 58.0 Å². The van der Waals surface area contributed by atoms with Crippen LogP contribution in [0.1, 0.15) is 56.7 Å². The molecule has 0 amide bonds. The molecule has 2 heterocycles. The molecular formula is C16H23N5O. The van der Waals surface area contributed by atoms with E-state index >= 15 is 0 Å². The first-order valence-corrected chi connectivity index (χ1v) is 8.01. The normalized spacial score (nSPS) is 17.8. The van der Waals surface area contributed by atoms with Crippen molar-refractivity contribution in [3.05, 3.63) is 23.7 Å². The summed E-state index contributed by atoms with van der Waals surface area (Å²) in [6.07, 6.45) is 6.50. The Bertz CT molecular complexity index is 603. The van der Waals surface area contributed by atoms with E-state index in [4.69, 9.17) is 4.52 Å². The first kappa shape index (κ1) is 15.1. The summed E-state index contributed by atoms with van der Waals surface area (Å²) in [5.74, 6) is 1.15. The van der Waals surface area contributed by atoms with Crippen molar-refractivity contribution in [1.82, 2.24) is 25.2 Å². The molecule has 3 rings (SSSR count). The zero-order chi connectivity index (χ0) is 15.5. The molecule has 0 saturated heterocycles. The number of hydrogen-bond donors (Lipinski definition) is 0. The van der Waals surface area contributed by atoms with Crippen molar-refractivity contribution >= 4 is 0 Å². The fourth-order valence-electron chi connectivity index (χ4n) is 3.01. The van der Waals surface area contributed by atoms with Crippen molar-refractivity contribution in [1.29, 1.82) is 0 Å². The molecule has 1 fully saturated rings. The maximum Gasteiger partial charge on any atom is 0.244 e. The van der Waals surface area contributed by atoms with Crippen LogP contribution in [0, 0.1) is 6.92 Å². The maximum atomic E-state index is 5.45. The minimum absolute atomic E-state index is 0.114. The van der Waals surface area contributed by atoms with Gasteiger partial charge in [-0.25, -0.2) is 0 Å². The van der Waals surface area contributed by atoms with Crippen LogP contribution in [-0.4, -0.2) is 38.3 Å². The lowest BCUT2D eigenvalue weighted by Gasteiger charge is -2.33. The molecule has 0 aromatic carbocycles. The number of nitrogens with zero attached hydrogens (tertiary/aromatic N) is 5. The molecule has 1 aliphatic rings. The Morgan fingerprint density at radius 3 is 2.64 bits per heavy atom. The predicted octanol–water partition coefficient (Wildman–Crippen LogP) is 3.16. The standard InChI is InChI=1S/C16H23N5O/c1-11-9-10-14(19-18-11)15-17-16(22-20-15)12(2)21(3)13-7-5-4-6-8-13/h9-10,12-13H,4-8H2,1-3H3. The third-order valence-electron chi connectivity index (χ3n) is 4.59. The van der Waals surface area contributed by atoms with Gasteiger partial charge in [-0.1, -0.05) is 24.4 Å². The summed E-state index contributed by atoms with van der Waals surface area (Å²) < 4.78 is 5.45. The van der Waals surface area contributed by atoms with Gasteiger partial charge in [0.15, 0.2) is 0 Å². The third-order valence-corrected chi connectivity index (χ3v) is 4.59. The Morgan fingerprint density at radius 2 is 1.95 bits per heavy atom. The molecule has 118 valence electrons. The van der Waals surface area contributed by atoms with E-state index in [0.29, 0.717) is 23.5 Å². The summed E-state index contributed by atoms with van der Waals surface area (Å²) in [7, 11) is 2.15. The molecule has 2 aromatic heterocycles. The molecular weight excluding hydrogens is 278 g/mol. The van der Waals surface area contributed by atoms with Crippen LogP contribution in [0.5, 0.6) is 0 Å². The molecule has 1 saturated carbocycles. The van der Waals surface area contributed by atoms with Gasteiger partial charge in [-0.15, -0.1) is 5.10 Å². The Morgan fingerprint density at radius 1 is 1.18 bits per heavy atom. The Kier molecular flexibility index (Phi) is 4.47. The van der Waals surface area contributed by atoms with Gasteiger partial charge in [0.2, 0.25) is 11.7 Å². The van der Waals surface area contributed by atoms with Crippen LogP contribution in [0.3, 0.4) is 0 Å². The van der Waals surface area contributed by atoms with Crippen molar-refractivity contribution in [3.63, 3.8) is 0 Å². The van der Waals surface area contributed by atoms with Crippen molar-refractivity contribution in [2.75, 3.05) is 7.05 Å². The van der Waals surface area contributed by atoms with E-state index in [0.717, 1.165) is 5.69 Å². The number of hydrogen-bond acceptors (Lipinski definition) is 6. The lowest BCUT2D eigenvalue weighted by atomic mass is 9.94. The van der Waals surface area contributed by atoms with E-state index in [1.54, 1.807) is 0 Å². The van der Waals surface area contributed by atoms with E-state index in [2.05, 4.69) is 39.2 Å². The minimum atomic E-state index is 0.114. The van der Waals surface area contributed by atoms with Gasteiger partial charge in [0.25, 0.3) is 0 Å². The topological polar surface area (TPSA) is 67.9 Å². The van der Waals surface area contributed by atoms with E-state index in [1.165, 1.54) is 32.1 Å². The van der Waals surface area contributed by atoms with Gasteiger partial charge in [0, 0.05) is 6.04 Å². The number of rotatable bonds is 4. The second-order valence-electron chi connectivity index (χ2n) is 6.15. The summed E-state index contributed by atoms with van der Waals surface area (Å²) in [6, 6.07) is 4.49. The van der Waals surface area contributed by atoms with Gasteiger partial charge in [-0.2, -0.15) is 10.1 Å². The molecule has 1 aliphatic carbocycles. The molecule has 2 aromatic rings. The van der Waals surface area contributed by atoms with Crippen LogP contribution < -0.4 is 0 Å². The Hall–Kier alpha value is -1.82. The molecule has 0 N–H and O–H groups in total. The Labute approximate surface area is 130 Å². The van der Waals surface area contributed by atoms with E-state index in [1.807, 2.05) is 19.1 Å².